The Bertz CT molecular complexity index is 1470. The average Bonchev–Trinajstić information content (AvgIpc) is 3.10. The number of hydrogen-bond donors (Lipinski definition) is 2. The number of rotatable bonds is 16. The molecule has 2 N–H and O–H groups in total. The minimum absolute atomic E-state index is 0.289. The molecule has 1 heterocycles. The van der Waals surface area contributed by atoms with E-state index in [1.807, 2.05) is 60.7 Å². The van der Waals surface area contributed by atoms with Crippen molar-refractivity contribution >= 4 is 23.7 Å². The lowest BCUT2D eigenvalue weighted by Crippen LogP contribution is -2.63. The van der Waals surface area contributed by atoms with Crippen LogP contribution in [-0.2, 0) is 46.1 Å². The zero-order valence-electron chi connectivity index (χ0n) is 27.0. The molecule has 0 spiro atoms. The topological polar surface area (TPSA) is 130 Å². The SMILES string of the molecule is C=CC[C@H](Cc1ccccc1)C(=O)O[C@H]1[C@@H](OC(=O)Nc2ccccc2)[C@@H](CO)O[C@H](OC)[C@@H]1OC(=O)[C@H](CC=C)Cc1ccccc1. The average molecular weight is 658 g/mol. The van der Waals surface area contributed by atoms with Gasteiger partial charge in [-0.25, -0.2) is 4.79 Å². The van der Waals surface area contributed by atoms with E-state index in [0.29, 0.717) is 24.9 Å². The van der Waals surface area contributed by atoms with Gasteiger partial charge in [0.2, 0.25) is 0 Å². The lowest BCUT2D eigenvalue weighted by atomic mass is 9.94. The van der Waals surface area contributed by atoms with E-state index in [1.165, 1.54) is 7.11 Å². The van der Waals surface area contributed by atoms with Crippen LogP contribution in [0.5, 0.6) is 0 Å². The zero-order valence-corrected chi connectivity index (χ0v) is 27.0. The summed E-state index contributed by atoms with van der Waals surface area (Å²) in [4.78, 5) is 40.8. The summed E-state index contributed by atoms with van der Waals surface area (Å²) >= 11 is 0. The van der Waals surface area contributed by atoms with E-state index in [0.717, 1.165) is 11.1 Å². The maximum Gasteiger partial charge on any atom is 0.412 e. The molecule has 3 aromatic rings. The van der Waals surface area contributed by atoms with Crippen molar-refractivity contribution in [3.05, 3.63) is 127 Å². The highest BCUT2D eigenvalue weighted by molar-refractivity contribution is 5.84. The van der Waals surface area contributed by atoms with Gasteiger partial charge in [0.25, 0.3) is 0 Å². The Morgan fingerprint density at radius 2 is 1.23 bits per heavy atom. The third-order valence-electron chi connectivity index (χ3n) is 7.99. The number of benzene rings is 3. The molecule has 0 saturated carbocycles. The second kappa shape index (κ2) is 18.5. The van der Waals surface area contributed by atoms with Gasteiger partial charge in [-0.3, -0.25) is 14.9 Å². The molecule has 1 saturated heterocycles. The van der Waals surface area contributed by atoms with Gasteiger partial charge in [0.15, 0.2) is 24.6 Å². The van der Waals surface area contributed by atoms with Gasteiger partial charge in [0.1, 0.15) is 6.10 Å². The molecule has 10 heteroatoms. The summed E-state index contributed by atoms with van der Waals surface area (Å²) in [7, 11) is 1.34. The van der Waals surface area contributed by atoms with E-state index in [1.54, 1.807) is 42.5 Å². The van der Waals surface area contributed by atoms with Crippen LogP contribution in [0.15, 0.2) is 116 Å². The van der Waals surface area contributed by atoms with Crippen LogP contribution in [0.25, 0.3) is 0 Å². The Kier molecular flexibility index (Phi) is 13.9. The number of methoxy groups -OCH3 is 1. The number of nitrogens with one attached hydrogen (secondary N) is 1. The Balaban J connectivity index is 1.66. The van der Waals surface area contributed by atoms with Crippen LogP contribution in [0.2, 0.25) is 0 Å². The van der Waals surface area contributed by atoms with Crippen LogP contribution in [0.4, 0.5) is 10.5 Å². The lowest BCUT2D eigenvalue weighted by Gasteiger charge is -2.44. The van der Waals surface area contributed by atoms with Crippen LogP contribution < -0.4 is 5.32 Å². The normalized spacial score (nSPS) is 21.6. The molecule has 3 aromatic carbocycles. The summed E-state index contributed by atoms with van der Waals surface area (Å²) in [6.45, 7) is 6.99. The van der Waals surface area contributed by atoms with Crippen LogP contribution in [-0.4, -0.2) is 67.6 Å². The third-order valence-corrected chi connectivity index (χ3v) is 7.99. The second-order valence-electron chi connectivity index (χ2n) is 11.4. The van der Waals surface area contributed by atoms with Crippen LogP contribution in [0, 0.1) is 11.8 Å². The number of amides is 1. The van der Waals surface area contributed by atoms with Crippen molar-refractivity contribution in [1.29, 1.82) is 0 Å². The Morgan fingerprint density at radius 1 is 0.750 bits per heavy atom. The fraction of sp³-hybridized carbons (Fsp3) is 0.342. The maximum atomic E-state index is 13.9. The van der Waals surface area contributed by atoms with Crippen molar-refractivity contribution in [2.24, 2.45) is 11.8 Å². The van der Waals surface area contributed by atoms with Gasteiger partial charge in [0, 0.05) is 12.8 Å². The smallest absolute Gasteiger partial charge is 0.412 e. The molecular formula is C38H43NO9. The molecule has 0 aliphatic carbocycles. The molecule has 0 aromatic heterocycles. The number of carbonyl (C=O) groups excluding carboxylic acids is 3. The standard InChI is InChI=1S/C38H43NO9/c1-4-15-28(23-26-17-9-6-10-18-26)35(41)46-33-32(48-38(43)39-30-21-13-8-14-22-30)31(25-40)45-37(44-3)34(33)47-36(42)29(16-5-2)24-27-19-11-7-12-20-27/h4-14,17-22,28-29,31-34,37,40H,1-2,15-16,23-25H2,3H3,(H,39,43)/t28-,29-,31-,32+,33+,34-,37+/m1/s1. The Hall–Kier alpha value is -4.77. The largest absolute Gasteiger partial charge is 0.454 e. The number of esters is 2. The molecule has 1 amide bonds. The van der Waals surface area contributed by atoms with Gasteiger partial charge in [0.05, 0.1) is 18.4 Å². The number of ether oxygens (including phenoxy) is 5. The molecule has 10 nitrogen and oxygen atoms in total. The zero-order chi connectivity index (χ0) is 34.3. The summed E-state index contributed by atoms with van der Waals surface area (Å²) in [6, 6.07) is 27.5. The fourth-order valence-corrected chi connectivity index (χ4v) is 5.60. The molecule has 1 aliphatic rings. The highest BCUT2D eigenvalue weighted by Crippen LogP contribution is 2.32. The maximum absolute atomic E-state index is 13.9. The first-order valence-corrected chi connectivity index (χ1v) is 15.9. The molecule has 4 rings (SSSR count). The first-order valence-electron chi connectivity index (χ1n) is 15.9. The van der Waals surface area contributed by atoms with Crippen molar-refractivity contribution in [1.82, 2.24) is 0 Å². The number of aliphatic hydroxyl groups is 1. The predicted octanol–water partition coefficient (Wildman–Crippen LogP) is 5.66. The van der Waals surface area contributed by atoms with Gasteiger partial charge in [-0.05, 0) is 48.9 Å². The molecule has 1 fully saturated rings. The number of para-hydroxylation sites is 1. The number of carbonyl (C=O) groups is 3. The third kappa shape index (κ3) is 10.1. The monoisotopic (exact) mass is 657 g/mol. The van der Waals surface area contributed by atoms with Gasteiger partial charge in [-0.15, -0.1) is 13.2 Å². The van der Waals surface area contributed by atoms with Gasteiger partial charge in [-0.1, -0.05) is 91.0 Å². The molecule has 0 bridgehead atoms. The fourth-order valence-electron chi connectivity index (χ4n) is 5.60. The number of aliphatic hydroxyl groups excluding tert-OH is 1. The van der Waals surface area contributed by atoms with E-state index >= 15 is 0 Å². The molecule has 48 heavy (non-hydrogen) atoms. The van der Waals surface area contributed by atoms with E-state index < -0.39 is 67.2 Å². The summed E-state index contributed by atoms with van der Waals surface area (Å²) < 4.78 is 29.5. The van der Waals surface area contributed by atoms with Gasteiger partial charge in [-0.2, -0.15) is 0 Å². The van der Waals surface area contributed by atoms with Crippen LogP contribution in [0.1, 0.15) is 24.0 Å². The number of hydrogen-bond acceptors (Lipinski definition) is 9. The minimum Gasteiger partial charge on any atom is -0.454 e. The van der Waals surface area contributed by atoms with E-state index in [-0.39, 0.29) is 6.42 Å². The van der Waals surface area contributed by atoms with Crippen molar-refractivity contribution in [3.8, 4) is 0 Å². The summed E-state index contributed by atoms with van der Waals surface area (Å²) in [5.41, 5.74) is 2.27. The van der Waals surface area contributed by atoms with Crippen molar-refractivity contribution < 1.29 is 43.2 Å². The number of anilines is 1. The van der Waals surface area contributed by atoms with Crippen LogP contribution >= 0.6 is 0 Å². The Morgan fingerprint density at radius 3 is 1.69 bits per heavy atom. The van der Waals surface area contributed by atoms with Gasteiger partial charge < -0.3 is 28.8 Å². The highest BCUT2D eigenvalue weighted by atomic mass is 16.7. The van der Waals surface area contributed by atoms with Crippen LogP contribution in [0.3, 0.4) is 0 Å². The van der Waals surface area contributed by atoms with Crippen molar-refractivity contribution in [3.63, 3.8) is 0 Å². The molecule has 1 aliphatic heterocycles. The molecule has 254 valence electrons. The molecule has 7 atom stereocenters. The highest BCUT2D eigenvalue weighted by Gasteiger charge is 2.53. The van der Waals surface area contributed by atoms with Crippen molar-refractivity contribution in [2.75, 3.05) is 19.0 Å². The van der Waals surface area contributed by atoms with E-state index in [2.05, 4.69) is 18.5 Å². The summed E-state index contributed by atoms with van der Waals surface area (Å²) in [5, 5.41) is 13.0. The molecule has 0 unspecified atom stereocenters. The molecule has 0 radical (unpaired) electrons. The lowest BCUT2D eigenvalue weighted by molar-refractivity contribution is -0.300. The van der Waals surface area contributed by atoms with E-state index in [9.17, 15) is 19.5 Å². The quantitative estimate of drug-likeness (QED) is 0.114. The summed E-state index contributed by atoms with van der Waals surface area (Å²) in [6.07, 6.45) is -2.98. The Labute approximate surface area is 281 Å². The number of allylic oxidation sites excluding steroid dienone is 2. The van der Waals surface area contributed by atoms with Crippen molar-refractivity contribution in [2.45, 2.75) is 56.4 Å². The minimum atomic E-state index is -1.41. The molecular weight excluding hydrogens is 614 g/mol. The predicted molar refractivity (Wildman–Crippen MR) is 180 cm³/mol. The first-order chi connectivity index (χ1) is 23.4. The van der Waals surface area contributed by atoms with E-state index in [4.69, 9.17) is 23.7 Å². The second-order valence-corrected chi connectivity index (χ2v) is 11.4. The first kappa shape index (κ1) is 36.1. The summed E-state index contributed by atoms with van der Waals surface area (Å²) in [5.74, 6) is -2.55. The van der Waals surface area contributed by atoms with Gasteiger partial charge >= 0.3 is 18.0 Å².